The van der Waals surface area contributed by atoms with Crippen LogP contribution in [0.2, 0.25) is 0 Å². The van der Waals surface area contributed by atoms with Gasteiger partial charge in [0.1, 0.15) is 0 Å². The molecule has 0 radical (unpaired) electrons. The molecule has 8 nitrogen and oxygen atoms in total. The predicted molar refractivity (Wildman–Crippen MR) is 118 cm³/mol. The number of fused-ring (bicyclic) bond motifs is 1. The van der Waals surface area contributed by atoms with Gasteiger partial charge in [-0.2, -0.15) is 4.98 Å². The average molecular weight is 501 g/mol. The Bertz CT molecular complexity index is 779. The summed E-state index contributed by atoms with van der Waals surface area (Å²) in [5.41, 5.74) is 1.19. The summed E-state index contributed by atoms with van der Waals surface area (Å²) in [5, 5.41) is 10.6. The molecule has 0 spiro atoms. The van der Waals surface area contributed by atoms with E-state index in [-0.39, 0.29) is 29.9 Å². The first-order valence-electron chi connectivity index (χ1n) is 9.31. The number of hydrogen-bond donors (Lipinski definition) is 2. The number of aromatic nitrogens is 2. The normalized spacial score (nSPS) is 12.8. The van der Waals surface area contributed by atoms with Crippen LogP contribution in [0.5, 0.6) is 11.5 Å². The van der Waals surface area contributed by atoms with Gasteiger partial charge in [-0.3, -0.25) is 4.99 Å². The fourth-order valence-electron chi connectivity index (χ4n) is 2.69. The Hall–Kier alpha value is -2.04. The second-order valence-electron chi connectivity index (χ2n) is 6.67. The molecule has 0 fully saturated rings. The lowest BCUT2D eigenvalue weighted by Crippen LogP contribution is -2.38. The molecule has 1 aromatic carbocycles. The van der Waals surface area contributed by atoms with Crippen molar-refractivity contribution >= 4 is 29.9 Å². The number of aliphatic imine (C=N–C) groups is 1. The van der Waals surface area contributed by atoms with Gasteiger partial charge >= 0.3 is 0 Å². The average Bonchev–Trinajstić information content (AvgIpc) is 3.32. The molecule has 0 bridgehead atoms. The van der Waals surface area contributed by atoms with Crippen molar-refractivity contribution in [1.29, 1.82) is 0 Å². The molecule has 1 aromatic heterocycles. The van der Waals surface area contributed by atoms with Gasteiger partial charge in [0.25, 0.3) is 0 Å². The highest BCUT2D eigenvalue weighted by molar-refractivity contribution is 14.0. The number of hydrogen-bond acceptors (Lipinski definition) is 6. The second-order valence-corrected chi connectivity index (χ2v) is 6.67. The molecule has 0 atom stereocenters. The summed E-state index contributed by atoms with van der Waals surface area (Å²) in [6, 6.07) is 6.03. The molecule has 2 N–H and O–H groups in total. The first-order valence-corrected chi connectivity index (χ1v) is 9.31. The van der Waals surface area contributed by atoms with E-state index in [4.69, 9.17) is 14.0 Å². The minimum absolute atomic E-state index is 0. The number of halogens is 1. The van der Waals surface area contributed by atoms with E-state index in [1.54, 1.807) is 7.05 Å². The third-order valence-electron chi connectivity index (χ3n) is 4.23. The zero-order valence-electron chi connectivity index (χ0n) is 16.5. The number of nitrogens with one attached hydrogen (secondary N) is 2. The van der Waals surface area contributed by atoms with Crippen molar-refractivity contribution in [3.8, 4) is 11.5 Å². The summed E-state index contributed by atoms with van der Waals surface area (Å²) in [5.74, 6) is 4.14. The Labute approximate surface area is 182 Å². The van der Waals surface area contributed by atoms with Crippen LogP contribution in [0.3, 0.4) is 0 Å². The van der Waals surface area contributed by atoms with E-state index < -0.39 is 0 Å². The lowest BCUT2D eigenvalue weighted by atomic mass is 10.1. The SMILES string of the molecule is CN=C(NCCCc1nc(C(C)C)no1)NCCc1ccc2c(c1)OCO2.I. The van der Waals surface area contributed by atoms with Crippen LogP contribution in [-0.4, -0.2) is 43.0 Å². The maximum absolute atomic E-state index is 5.41. The zero-order valence-corrected chi connectivity index (χ0v) is 18.9. The van der Waals surface area contributed by atoms with E-state index in [0.717, 1.165) is 55.6 Å². The first-order chi connectivity index (χ1) is 13.2. The van der Waals surface area contributed by atoms with Crippen LogP contribution < -0.4 is 20.1 Å². The van der Waals surface area contributed by atoms with Gasteiger partial charge in [-0.05, 0) is 30.5 Å². The molecule has 1 aliphatic heterocycles. The van der Waals surface area contributed by atoms with Crippen molar-refractivity contribution in [2.75, 3.05) is 26.9 Å². The van der Waals surface area contributed by atoms with Gasteiger partial charge in [0.15, 0.2) is 23.3 Å². The van der Waals surface area contributed by atoms with E-state index in [1.807, 2.05) is 12.1 Å². The third kappa shape index (κ3) is 6.25. The van der Waals surface area contributed by atoms with Gasteiger partial charge in [0.05, 0.1) is 0 Å². The van der Waals surface area contributed by atoms with Gasteiger partial charge in [-0.1, -0.05) is 25.1 Å². The summed E-state index contributed by atoms with van der Waals surface area (Å²) < 4.78 is 16.0. The first kappa shape index (κ1) is 22.3. The Kier molecular flexibility index (Phi) is 8.81. The topological polar surface area (TPSA) is 93.8 Å². The van der Waals surface area contributed by atoms with E-state index >= 15 is 0 Å². The van der Waals surface area contributed by atoms with Crippen LogP contribution in [0.1, 0.15) is 43.5 Å². The predicted octanol–water partition coefficient (Wildman–Crippen LogP) is 2.88. The van der Waals surface area contributed by atoms with Crippen LogP contribution in [0.25, 0.3) is 0 Å². The highest BCUT2D eigenvalue weighted by Gasteiger charge is 2.13. The van der Waals surface area contributed by atoms with Crippen molar-refractivity contribution in [2.45, 2.75) is 39.0 Å². The highest BCUT2D eigenvalue weighted by atomic mass is 127. The fraction of sp³-hybridized carbons (Fsp3) is 0.526. The van der Waals surface area contributed by atoms with Gasteiger partial charge in [0, 0.05) is 32.5 Å². The van der Waals surface area contributed by atoms with Crippen molar-refractivity contribution in [3.63, 3.8) is 0 Å². The van der Waals surface area contributed by atoms with Crippen LogP contribution in [0.4, 0.5) is 0 Å². The summed E-state index contributed by atoms with van der Waals surface area (Å²) >= 11 is 0. The van der Waals surface area contributed by atoms with Crippen molar-refractivity contribution in [1.82, 2.24) is 20.8 Å². The van der Waals surface area contributed by atoms with Crippen molar-refractivity contribution < 1.29 is 14.0 Å². The number of aryl methyl sites for hydroxylation is 1. The molecule has 1 aliphatic rings. The summed E-state index contributed by atoms with van der Waals surface area (Å²) in [4.78, 5) is 8.63. The Morgan fingerprint density at radius 2 is 1.93 bits per heavy atom. The largest absolute Gasteiger partial charge is 0.454 e. The van der Waals surface area contributed by atoms with E-state index in [1.165, 1.54) is 5.56 Å². The summed E-state index contributed by atoms with van der Waals surface area (Å²) in [6.07, 6.45) is 2.51. The van der Waals surface area contributed by atoms with Gasteiger partial charge in [0.2, 0.25) is 12.7 Å². The van der Waals surface area contributed by atoms with Gasteiger partial charge in [-0.15, -0.1) is 24.0 Å². The van der Waals surface area contributed by atoms with Crippen LogP contribution in [0, 0.1) is 0 Å². The monoisotopic (exact) mass is 501 g/mol. The molecule has 154 valence electrons. The smallest absolute Gasteiger partial charge is 0.231 e. The molecule has 0 aliphatic carbocycles. The minimum atomic E-state index is 0. The Balaban J connectivity index is 0.00000280. The highest BCUT2D eigenvalue weighted by Crippen LogP contribution is 2.32. The molecular weight excluding hydrogens is 473 g/mol. The quantitative estimate of drug-likeness (QED) is 0.249. The van der Waals surface area contributed by atoms with Crippen LogP contribution in [0.15, 0.2) is 27.7 Å². The molecule has 0 saturated heterocycles. The number of ether oxygens (including phenoxy) is 2. The standard InChI is InChI=1S/C19H27N5O3.HI/c1-13(2)18-23-17(27-24-18)5-4-9-21-19(20-3)22-10-8-14-6-7-15-16(11-14)26-12-25-15;/h6-7,11,13H,4-5,8-10,12H2,1-3H3,(H2,20,21,22);1H. The zero-order chi connectivity index (χ0) is 19.1. The summed E-state index contributed by atoms with van der Waals surface area (Å²) in [6.45, 7) is 5.96. The number of rotatable bonds is 8. The minimum Gasteiger partial charge on any atom is -0.454 e. The van der Waals surface area contributed by atoms with Crippen molar-refractivity contribution in [2.24, 2.45) is 4.99 Å². The molecule has 9 heteroatoms. The van der Waals surface area contributed by atoms with Gasteiger partial charge in [-0.25, -0.2) is 0 Å². The molecule has 3 rings (SSSR count). The maximum Gasteiger partial charge on any atom is 0.231 e. The van der Waals surface area contributed by atoms with E-state index in [2.05, 4.69) is 45.7 Å². The number of benzene rings is 1. The Morgan fingerprint density at radius 3 is 2.68 bits per heavy atom. The van der Waals surface area contributed by atoms with Crippen molar-refractivity contribution in [3.05, 3.63) is 35.5 Å². The van der Waals surface area contributed by atoms with Gasteiger partial charge < -0.3 is 24.6 Å². The van der Waals surface area contributed by atoms with E-state index in [9.17, 15) is 0 Å². The second kappa shape index (κ2) is 11.1. The maximum atomic E-state index is 5.41. The molecule has 0 saturated carbocycles. The molecule has 28 heavy (non-hydrogen) atoms. The lowest BCUT2D eigenvalue weighted by Gasteiger charge is -2.11. The molecular formula is C19H28IN5O3. The molecule has 0 amide bonds. The molecule has 0 unspecified atom stereocenters. The van der Waals surface area contributed by atoms with Crippen LogP contribution >= 0.6 is 24.0 Å². The lowest BCUT2D eigenvalue weighted by molar-refractivity contribution is 0.174. The number of nitrogens with zero attached hydrogens (tertiary/aromatic N) is 3. The third-order valence-corrected chi connectivity index (χ3v) is 4.23. The molecule has 2 aromatic rings. The fourth-order valence-corrected chi connectivity index (χ4v) is 2.69. The van der Waals surface area contributed by atoms with E-state index in [0.29, 0.717) is 12.7 Å². The summed E-state index contributed by atoms with van der Waals surface area (Å²) in [7, 11) is 1.77. The Morgan fingerprint density at radius 1 is 1.14 bits per heavy atom. The van der Waals surface area contributed by atoms with Crippen LogP contribution in [-0.2, 0) is 12.8 Å². The molecule has 2 heterocycles. The number of guanidine groups is 1.